The molecule has 2 rings (SSSR count). The first-order valence-electron chi connectivity index (χ1n) is 4.49. The zero-order valence-electron chi connectivity index (χ0n) is 7.82. The van der Waals surface area contributed by atoms with Gasteiger partial charge in [-0.25, -0.2) is 10.5 Å². The van der Waals surface area contributed by atoms with Gasteiger partial charge in [0, 0.05) is 18.8 Å². The number of aromatic nitrogens is 2. The third-order valence-electron chi connectivity index (χ3n) is 2.39. The van der Waals surface area contributed by atoms with Gasteiger partial charge in [0.05, 0.1) is 0 Å². The maximum atomic E-state index is 11.1. The maximum Gasteiger partial charge on any atom is 0.294 e. The molecule has 0 saturated heterocycles. The minimum Gasteiger partial charge on any atom is -0.356 e. The lowest BCUT2D eigenvalue weighted by Crippen LogP contribution is -2.20. The molecule has 3 N–H and O–H groups in total. The number of nitrogens with one attached hydrogen (secondary N) is 2. The van der Waals surface area contributed by atoms with Crippen molar-refractivity contribution in [1.82, 2.24) is 15.0 Å². The van der Waals surface area contributed by atoms with Crippen molar-refractivity contribution in [3.05, 3.63) is 11.9 Å². The van der Waals surface area contributed by atoms with Crippen molar-refractivity contribution in [2.24, 2.45) is 0 Å². The highest BCUT2D eigenvalue weighted by Gasteiger charge is 2.20. The molecule has 0 fully saturated rings. The van der Waals surface area contributed by atoms with E-state index in [-0.39, 0.29) is 5.69 Å². The highest BCUT2D eigenvalue weighted by molar-refractivity contribution is 5.91. The van der Waals surface area contributed by atoms with E-state index in [4.69, 9.17) is 5.21 Å². The molecule has 1 amide bonds. The van der Waals surface area contributed by atoms with Gasteiger partial charge in [-0.1, -0.05) is 0 Å². The van der Waals surface area contributed by atoms with E-state index in [0.717, 1.165) is 13.0 Å². The fourth-order valence-electron chi connectivity index (χ4n) is 1.56. The highest BCUT2D eigenvalue weighted by atomic mass is 16.5. The Morgan fingerprint density at radius 3 is 3.29 bits per heavy atom. The number of hydrogen-bond donors (Lipinski definition) is 3. The van der Waals surface area contributed by atoms with Crippen LogP contribution in [0.2, 0.25) is 0 Å². The van der Waals surface area contributed by atoms with Crippen LogP contribution in [-0.2, 0) is 0 Å². The number of carbonyl (C=O) groups is 1. The first kappa shape index (κ1) is 9.01. The van der Waals surface area contributed by atoms with E-state index >= 15 is 0 Å². The van der Waals surface area contributed by atoms with Crippen molar-refractivity contribution in [2.75, 3.05) is 11.9 Å². The molecule has 1 unspecified atom stereocenters. The van der Waals surface area contributed by atoms with Crippen molar-refractivity contribution in [3.63, 3.8) is 0 Å². The molecule has 0 spiro atoms. The zero-order valence-corrected chi connectivity index (χ0v) is 7.82. The zero-order chi connectivity index (χ0) is 10.1. The number of nitrogens with zero attached hydrogens (tertiary/aromatic N) is 2. The predicted molar refractivity (Wildman–Crippen MR) is 49.3 cm³/mol. The number of carbonyl (C=O) groups excluding carboxylic acids is 1. The van der Waals surface area contributed by atoms with Gasteiger partial charge in [0.15, 0.2) is 5.69 Å². The van der Waals surface area contributed by atoms with Gasteiger partial charge in [0.25, 0.3) is 5.91 Å². The third kappa shape index (κ3) is 1.33. The van der Waals surface area contributed by atoms with Gasteiger partial charge < -0.3 is 9.88 Å². The number of amides is 1. The Labute approximate surface area is 80.9 Å². The van der Waals surface area contributed by atoms with E-state index in [1.54, 1.807) is 11.7 Å². The second-order valence-electron chi connectivity index (χ2n) is 3.36. The molecule has 0 aliphatic carbocycles. The Morgan fingerprint density at radius 2 is 2.64 bits per heavy atom. The minimum atomic E-state index is -0.583. The molecule has 0 bridgehead atoms. The van der Waals surface area contributed by atoms with Crippen LogP contribution >= 0.6 is 0 Å². The first-order chi connectivity index (χ1) is 6.72. The summed E-state index contributed by atoms with van der Waals surface area (Å²) >= 11 is 0. The van der Waals surface area contributed by atoms with Crippen molar-refractivity contribution >= 4 is 11.9 Å². The van der Waals surface area contributed by atoms with Crippen LogP contribution in [0.5, 0.6) is 0 Å². The summed E-state index contributed by atoms with van der Waals surface area (Å²) < 4.78 is 1.90. The molecular weight excluding hydrogens is 184 g/mol. The average Bonchev–Trinajstić information content (AvgIpc) is 2.62. The van der Waals surface area contributed by atoms with E-state index in [1.165, 1.54) is 0 Å². The molecule has 1 aromatic heterocycles. The summed E-state index contributed by atoms with van der Waals surface area (Å²) in [6.07, 6.45) is 2.64. The average molecular weight is 196 g/mol. The molecule has 1 aromatic rings. The Morgan fingerprint density at radius 1 is 1.86 bits per heavy atom. The molecule has 6 nitrogen and oxygen atoms in total. The van der Waals surface area contributed by atoms with Crippen LogP contribution in [0.4, 0.5) is 5.95 Å². The van der Waals surface area contributed by atoms with Crippen molar-refractivity contribution in [1.29, 1.82) is 0 Å². The van der Waals surface area contributed by atoms with E-state index in [0.29, 0.717) is 12.0 Å². The van der Waals surface area contributed by atoms with Crippen LogP contribution in [0.1, 0.15) is 29.9 Å². The molecule has 6 heteroatoms. The molecule has 1 aliphatic rings. The number of rotatable bonds is 1. The van der Waals surface area contributed by atoms with Crippen LogP contribution < -0.4 is 10.8 Å². The number of fused-ring (bicyclic) bond motifs is 1. The molecule has 0 saturated carbocycles. The normalized spacial score (nSPS) is 19.7. The van der Waals surface area contributed by atoms with Gasteiger partial charge in [-0.3, -0.25) is 10.0 Å². The maximum absolute atomic E-state index is 11.1. The standard InChI is InChI=1S/C8H12N4O2/c1-5-2-3-9-8-10-6(4-12(5)8)7(13)11-14/h4-5,14H,2-3H2,1H3,(H,9,10)(H,11,13). The number of imidazole rings is 1. The van der Waals surface area contributed by atoms with Crippen LogP contribution in [0.3, 0.4) is 0 Å². The van der Waals surface area contributed by atoms with Gasteiger partial charge >= 0.3 is 0 Å². The lowest BCUT2D eigenvalue weighted by atomic mass is 10.2. The molecular formula is C8H12N4O2. The van der Waals surface area contributed by atoms with Crippen molar-refractivity contribution in [3.8, 4) is 0 Å². The second kappa shape index (κ2) is 3.30. The second-order valence-corrected chi connectivity index (χ2v) is 3.36. The van der Waals surface area contributed by atoms with E-state index in [2.05, 4.69) is 17.2 Å². The van der Waals surface area contributed by atoms with Crippen molar-refractivity contribution in [2.45, 2.75) is 19.4 Å². The quantitative estimate of drug-likeness (QED) is 0.448. The Kier molecular flexibility index (Phi) is 2.12. The van der Waals surface area contributed by atoms with E-state index in [9.17, 15) is 4.79 Å². The fraction of sp³-hybridized carbons (Fsp3) is 0.500. The van der Waals surface area contributed by atoms with Crippen LogP contribution in [0.15, 0.2) is 6.20 Å². The number of anilines is 1. The van der Waals surface area contributed by atoms with E-state index in [1.807, 2.05) is 4.57 Å². The SMILES string of the molecule is CC1CCNc2nc(C(=O)NO)cn21. The van der Waals surface area contributed by atoms with Crippen molar-refractivity contribution < 1.29 is 10.0 Å². The molecule has 1 aliphatic heterocycles. The summed E-state index contributed by atoms with van der Waals surface area (Å²) in [6.45, 7) is 2.92. The summed E-state index contributed by atoms with van der Waals surface area (Å²) in [5.41, 5.74) is 1.79. The lowest BCUT2D eigenvalue weighted by molar-refractivity contribution is 0.0701. The van der Waals surface area contributed by atoms with Gasteiger partial charge in [0.2, 0.25) is 5.95 Å². The number of hydrogen-bond acceptors (Lipinski definition) is 4. The van der Waals surface area contributed by atoms with Gasteiger partial charge in [-0.05, 0) is 13.3 Å². The Balaban J connectivity index is 2.35. The molecule has 0 radical (unpaired) electrons. The molecule has 76 valence electrons. The summed E-state index contributed by atoms with van der Waals surface area (Å²) in [5, 5.41) is 11.5. The molecule has 14 heavy (non-hydrogen) atoms. The van der Waals surface area contributed by atoms with E-state index < -0.39 is 5.91 Å². The Hall–Kier alpha value is -1.56. The highest BCUT2D eigenvalue weighted by Crippen LogP contribution is 2.22. The van der Waals surface area contributed by atoms with Crippen LogP contribution in [0, 0.1) is 0 Å². The van der Waals surface area contributed by atoms with Gasteiger partial charge in [0.1, 0.15) is 0 Å². The third-order valence-corrected chi connectivity index (χ3v) is 2.39. The summed E-state index contributed by atoms with van der Waals surface area (Å²) in [7, 11) is 0. The van der Waals surface area contributed by atoms with Gasteiger partial charge in [-0.15, -0.1) is 0 Å². The Bertz CT molecular complexity index is 360. The van der Waals surface area contributed by atoms with Gasteiger partial charge in [-0.2, -0.15) is 0 Å². The first-order valence-corrected chi connectivity index (χ1v) is 4.49. The van der Waals surface area contributed by atoms with Crippen LogP contribution in [-0.4, -0.2) is 27.2 Å². The summed E-state index contributed by atoms with van der Waals surface area (Å²) in [4.78, 5) is 15.1. The summed E-state index contributed by atoms with van der Waals surface area (Å²) in [5.74, 6) is 0.100. The number of hydroxylamine groups is 1. The smallest absolute Gasteiger partial charge is 0.294 e. The monoisotopic (exact) mass is 196 g/mol. The molecule has 0 aromatic carbocycles. The predicted octanol–water partition coefficient (Wildman–Crippen LogP) is 0.379. The topological polar surface area (TPSA) is 79.2 Å². The largest absolute Gasteiger partial charge is 0.356 e. The molecule has 2 heterocycles. The van der Waals surface area contributed by atoms with Crippen LogP contribution in [0.25, 0.3) is 0 Å². The minimum absolute atomic E-state index is 0.226. The lowest BCUT2D eigenvalue weighted by Gasteiger charge is -2.22. The fourth-order valence-corrected chi connectivity index (χ4v) is 1.56. The molecule has 1 atom stereocenters. The summed E-state index contributed by atoms with van der Waals surface area (Å²) in [6, 6.07) is 0.332.